The summed E-state index contributed by atoms with van der Waals surface area (Å²) >= 11 is 4.91. The van der Waals surface area contributed by atoms with Crippen molar-refractivity contribution in [2.24, 2.45) is 0 Å². The number of halogens is 1. The van der Waals surface area contributed by atoms with E-state index < -0.39 is 9.84 Å². The zero-order valence-corrected chi connectivity index (χ0v) is 16.3. The van der Waals surface area contributed by atoms with Gasteiger partial charge in [0.25, 0.3) is 0 Å². The molecule has 0 spiro atoms. The van der Waals surface area contributed by atoms with Gasteiger partial charge in [-0.15, -0.1) is 11.3 Å². The Balaban J connectivity index is 1.67. The van der Waals surface area contributed by atoms with Crippen LogP contribution >= 0.6 is 27.3 Å². The maximum atomic E-state index is 12.3. The number of hydrogen-bond donors (Lipinski definition) is 1. The van der Waals surface area contributed by atoms with Crippen LogP contribution in [0.3, 0.4) is 0 Å². The number of fused-ring (bicyclic) bond motifs is 3. The Kier molecular flexibility index (Phi) is 3.43. The van der Waals surface area contributed by atoms with Crippen molar-refractivity contribution in [2.75, 3.05) is 5.32 Å². The summed E-state index contributed by atoms with van der Waals surface area (Å²) in [5, 5.41) is 5.35. The zero-order valence-electron chi connectivity index (χ0n) is 13.1. The maximum Gasteiger partial charge on any atom is 0.201 e. The van der Waals surface area contributed by atoms with Crippen LogP contribution in [0.15, 0.2) is 58.4 Å². The summed E-state index contributed by atoms with van der Waals surface area (Å²) in [5.74, 6) is 0. The normalized spacial score (nSPS) is 15.2. The SMILES string of the molecule is O=S1(=O)C=C(Br)c2cc3nccc(Nc4ccc5scnc5c4)c3cc21. The Morgan fingerprint density at radius 3 is 2.81 bits per heavy atom. The molecule has 0 bridgehead atoms. The third-order valence-corrected chi connectivity index (χ3v) is 7.54. The van der Waals surface area contributed by atoms with Crippen LogP contribution in [0, 0.1) is 0 Å². The smallest absolute Gasteiger partial charge is 0.201 e. The van der Waals surface area contributed by atoms with Gasteiger partial charge in [0.2, 0.25) is 9.84 Å². The van der Waals surface area contributed by atoms with Crippen molar-refractivity contribution >= 4 is 74.1 Å². The summed E-state index contributed by atoms with van der Waals surface area (Å²) in [7, 11) is -3.43. The molecule has 5 nitrogen and oxygen atoms in total. The third-order valence-electron chi connectivity index (χ3n) is 4.27. The molecule has 8 heteroatoms. The minimum atomic E-state index is -3.43. The summed E-state index contributed by atoms with van der Waals surface area (Å²) in [6.45, 7) is 0. The lowest BCUT2D eigenvalue weighted by Gasteiger charge is -2.11. The average Bonchev–Trinajstić information content (AvgIpc) is 3.16. The Hall–Kier alpha value is -2.29. The van der Waals surface area contributed by atoms with Gasteiger partial charge in [-0.2, -0.15) is 0 Å². The summed E-state index contributed by atoms with van der Waals surface area (Å²) in [6, 6.07) is 11.3. The van der Waals surface area contributed by atoms with E-state index in [1.54, 1.807) is 29.7 Å². The molecule has 4 aromatic rings. The lowest BCUT2D eigenvalue weighted by Crippen LogP contribution is -1.97. The molecule has 0 amide bonds. The highest BCUT2D eigenvalue weighted by atomic mass is 79.9. The molecule has 0 saturated carbocycles. The molecule has 1 aliphatic heterocycles. The van der Waals surface area contributed by atoms with Crippen LogP contribution in [0.2, 0.25) is 0 Å². The molecule has 0 saturated heterocycles. The van der Waals surface area contributed by atoms with E-state index in [0.29, 0.717) is 14.9 Å². The molecule has 1 aliphatic rings. The molecule has 1 N–H and O–H groups in total. The summed E-state index contributed by atoms with van der Waals surface area (Å²) in [6.07, 6.45) is 1.71. The van der Waals surface area contributed by atoms with Crippen LogP contribution in [0.1, 0.15) is 5.56 Å². The van der Waals surface area contributed by atoms with Crippen LogP contribution < -0.4 is 5.32 Å². The van der Waals surface area contributed by atoms with Crippen LogP contribution in [0.25, 0.3) is 25.6 Å². The molecule has 2 aromatic heterocycles. The van der Waals surface area contributed by atoms with E-state index in [4.69, 9.17) is 0 Å². The van der Waals surface area contributed by atoms with Gasteiger partial charge < -0.3 is 5.32 Å². The lowest BCUT2D eigenvalue weighted by molar-refractivity contribution is 0.605. The number of pyridine rings is 1. The second-order valence-electron chi connectivity index (χ2n) is 5.89. The number of aromatic nitrogens is 2. The molecule has 0 atom stereocenters. The quantitative estimate of drug-likeness (QED) is 0.468. The maximum absolute atomic E-state index is 12.3. The van der Waals surface area contributed by atoms with Crippen LogP contribution in [-0.4, -0.2) is 18.4 Å². The highest BCUT2D eigenvalue weighted by Crippen LogP contribution is 2.40. The lowest BCUT2D eigenvalue weighted by atomic mass is 10.1. The van der Waals surface area contributed by atoms with E-state index in [1.165, 1.54) is 5.41 Å². The number of rotatable bonds is 2. The second kappa shape index (κ2) is 5.60. The van der Waals surface area contributed by atoms with E-state index in [0.717, 1.165) is 32.5 Å². The van der Waals surface area contributed by atoms with E-state index in [9.17, 15) is 8.42 Å². The number of hydrogen-bond acceptors (Lipinski definition) is 6. The van der Waals surface area contributed by atoms with E-state index in [1.807, 2.05) is 29.8 Å². The fourth-order valence-corrected chi connectivity index (χ4v) is 6.20. The van der Waals surface area contributed by atoms with Crippen molar-refractivity contribution in [3.8, 4) is 0 Å². The number of nitrogens with zero attached hydrogens (tertiary/aromatic N) is 2. The number of anilines is 2. The fourth-order valence-electron chi connectivity index (χ4n) is 3.06. The molecule has 0 radical (unpaired) electrons. The summed E-state index contributed by atoms with van der Waals surface area (Å²) in [5.41, 5.74) is 5.80. The molecule has 2 aromatic carbocycles. The Labute approximate surface area is 161 Å². The topological polar surface area (TPSA) is 72.0 Å². The number of nitrogens with one attached hydrogen (secondary N) is 1. The van der Waals surface area contributed by atoms with Crippen molar-refractivity contribution in [2.45, 2.75) is 4.90 Å². The first-order chi connectivity index (χ1) is 12.5. The van der Waals surface area contributed by atoms with E-state index >= 15 is 0 Å². The second-order valence-corrected chi connectivity index (χ2v) is 9.40. The van der Waals surface area contributed by atoms with Crippen LogP contribution in [0.5, 0.6) is 0 Å². The van der Waals surface area contributed by atoms with Gasteiger partial charge in [0, 0.05) is 33.0 Å². The van der Waals surface area contributed by atoms with Crippen molar-refractivity contribution in [1.29, 1.82) is 0 Å². The molecule has 0 unspecified atom stereocenters. The van der Waals surface area contributed by atoms with Crippen molar-refractivity contribution in [3.05, 3.63) is 59.1 Å². The average molecular weight is 444 g/mol. The van der Waals surface area contributed by atoms with Gasteiger partial charge in [0.15, 0.2) is 0 Å². The van der Waals surface area contributed by atoms with Gasteiger partial charge in [0.1, 0.15) is 0 Å². The number of benzene rings is 2. The highest BCUT2D eigenvalue weighted by molar-refractivity contribution is 9.15. The number of sulfone groups is 1. The van der Waals surface area contributed by atoms with E-state index in [-0.39, 0.29) is 0 Å². The Morgan fingerprint density at radius 2 is 1.92 bits per heavy atom. The number of thiazole rings is 1. The molecular weight excluding hydrogens is 434 g/mol. The van der Waals surface area contributed by atoms with Crippen molar-refractivity contribution in [1.82, 2.24) is 9.97 Å². The monoisotopic (exact) mass is 443 g/mol. The first kappa shape index (κ1) is 15.9. The van der Waals surface area contributed by atoms with Crippen molar-refractivity contribution < 1.29 is 8.42 Å². The minimum absolute atomic E-state index is 0.294. The first-order valence-electron chi connectivity index (χ1n) is 7.67. The largest absolute Gasteiger partial charge is 0.355 e. The molecule has 5 rings (SSSR count). The highest BCUT2D eigenvalue weighted by Gasteiger charge is 2.27. The molecule has 128 valence electrons. The van der Waals surface area contributed by atoms with E-state index in [2.05, 4.69) is 31.2 Å². The van der Waals surface area contributed by atoms with Gasteiger partial charge >= 0.3 is 0 Å². The molecule has 26 heavy (non-hydrogen) atoms. The van der Waals surface area contributed by atoms with Crippen LogP contribution in [0.4, 0.5) is 11.4 Å². The minimum Gasteiger partial charge on any atom is -0.355 e. The Morgan fingerprint density at radius 1 is 1.04 bits per heavy atom. The predicted molar refractivity (Wildman–Crippen MR) is 109 cm³/mol. The van der Waals surface area contributed by atoms with Gasteiger partial charge in [0.05, 0.1) is 31.5 Å². The first-order valence-corrected chi connectivity index (χ1v) is 10.9. The van der Waals surface area contributed by atoms with Gasteiger partial charge in [-0.3, -0.25) is 4.98 Å². The Bertz CT molecular complexity index is 1340. The zero-order chi connectivity index (χ0) is 17.9. The van der Waals surface area contributed by atoms with Gasteiger partial charge in [-0.05, 0) is 52.3 Å². The summed E-state index contributed by atoms with van der Waals surface area (Å²) < 4.78 is 26.4. The van der Waals surface area contributed by atoms with Gasteiger partial charge in [-0.1, -0.05) is 0 Å². The summed E-state index contributed by atoms with van der Waals surface area (Å²) in [4.78, 5) is 9.02. The molecule has 3 heterocycles. The van der Waals surface area contributed by atoms with Crippen LogP contribution in [-0.2, 0) is 9.84 Å². The third kappa shape index (κ3) is 2.45. The molecule has 0 aliphatic carbocycles. The molecule has 0 fully saturated rings. The standard InChI is InChI=1S/C18H10BrN3O2S2/c19-13-8-26(23,24)18-7-12-14(3-4-20-15(12)6-11(13)18)22-10-1-2-17-16(5-10)21-9-25-17/h1-9H,(H,20,22). The fraction of sp³-hybridized carbons (Fsp3) is 0. The van der Waals surface area contributed by atoms with Crippen molar-refractivity contribution in [3.63, 3.8) is 0 Å². The predicted octanol–water partition coefficient (Wildman–Crippen LogP) is 5.07. The molecular formula is C18H10BrN3O2S2. The van der Waals surface area contributed by atoms with Gasteiger partial charge in [-0.25, -0.2) is 13.4 Å².